The van der Waals surface area contributed by atoms with Gasteiger partial charge >= 0.3 is 0 Å². The van der Waals surface area contributed by atoms with Crippen molar-refractivity contribution in [3.05, 3.63) is 53.8 Å². The minimum atomic E-state index is -0.289. The van der Waals surface area contributed by atoms with Crippen molar-refractivity contribution < 1.29 is 4.74 Å². The van der Waals surface area contributed by atoms with Gasteiger partial charge in [0.2, 0.25) is 5.88 Å². The fraction of sp³-hybridized carbons (Fsp3) is 0.464. The highest BCUT2D eigenvalue weighted by Gasteiger charge is 2.49. The third kappa shape index (κ3) is 5.22. The molecule has 1 aliphatic heterocycles. The van der Waals surface area contributed by atoms with Gasteiger partial charge < -0.3 is 14.6 Å². The van der Waals surface area contributed by atoms with Gasteiger partial charge in [-0.1, -0.05) is 11.6 Å². The van der Waals surface area contributed by atoms with Crippen molar-refractivity contribution >= 4 is 22.6 Å². The van der Waals surface area contributed by atoms with Crippen LogP contribution in [0.5, 0.6) is 5.88 Å². The summed E-state index contributed by atoms with van der Waals surface area (Å²) in [4.78, 5) is 20.9. The summed E-state index contributed by atoms with van der Waals surface area (Å²) in [5.41, 5.74) is 3.39. The molecular formula is C28H32ClN9O. The SMILES string of the molecule is CN(C)Cc1cc(Cl)nc(OC2CCN(C3CC(CC#N)(n4cc(-c5ncnc6[nH]ccc56)cn4)C3)CC2)c1. The summed E-state index contributed by atoms with van der Waals surface area (Å²) in [5.74, 6) is 0.601. The number of nitrogens with one attached hydrogen (secondary N) is 1. The molecular weight excluding hydrogens is 514 g/mol. The van der Waals surface area contributed by atoms with E-state index in [0.717, 1.165) is 73.2 Å². The standard InChI is InChI=1S/C28H32ClN9O/c1-36(2)16-19-11-24(29)35-25(12-19)39-22-4-9-37(10-5-22)21-13-28(14-21,6-7-30)38-17-20(15-34-38)26-23-3-8-31-27(23)33-18-32-26/h3,8,11-12,15,17-18,21-22H,4-6,9-10,13-14,16H2,1-2H3,(H,31,32,33). The highest BCUT2D eigenvalue weighted by atomic mass is 35.5. The van der Waals surface area contributed by atoms with E-state index in [-0.39, 0.29) is 11.6 Å². The van der Waals surface area contributed by atoms with Crippen LogP contribution in [0, 0.1) is 11.3 Å². The molecule has 0 radical (unpaired) electrons. The smallest absolute Gasteiger partial charge is 0.215 e. The molecule has 4 aromatic rings. The molecule has 5 heterocycles. The monoisotopic (exact) mass is 545 g/mol. The van der Waals surface area contributed by atoms with Gasteiger partial charge in [0.1, 0.15) is 23.2 Å². The normalized spacial score (nSPS) is 22.2. The summed E-state index contributed by atoms with van der Waals surface area (Å²) in [7, 11) is 4.06. The van der Waals surface area contributed by atoms with Gasteiger partial charge in [-0.25, -0.2) is 15.0 Å². The number of nitrogens with zero attached hydrogens (tertiary/aromatic N) is 8. The number of aromatic nitrogens is 6. The number of hydrogen-bond donors (Lipinski definition) is 1. The quantitative estimate of drug-likeness (QED) is 0.327. The number of fused-ring (bicyclic) bond motifs is 1. The maximum atomic E-state index is 9.66. The number of halogens is 1. The van der Waals surface area contributed by atoms with Gasteiger partial charge in [-0.2, -0.15) is 10.4 Å². The molecule has 4 aromatic heterocycles. The summed E-state index contributed by atoms with van der Waals surface area (Å²) in [5, 5.41) is 15.8. The molecule has 6 rings (SSSR count). The molecule has 0 amide bonds. The van der Waals surface area contributed by atoms with Crippen LogP contribution in [0.15, 0.2) is 43.1 Å². The van der Waals surface area contributed by atoms with Gasteiger partial charge in [-0.05, 0) is 57.5 Å². The minimum Gasteiger partial charge on any atom is -0.474 e. The molecule has 10 nitrogen and oxygen atoms in total. The Hall–Kier alpha value is -3.52. The summed E-state index contributed by atoms with van der Waals surface area (Å²) in [6.07, 6.45) is 11.5. The molecule has 0 bridgehead atoms. The maximum absolute atomic E-state index is 9.66. The molecule has 0 atom stereocenters. The van der Waals surface area contributed by atoms with Crippen molar-refractivity contribution in [3.63, 3.8) is 0 Å². The molecule has 39 heavy (non-hydrogen) atoms. The first kappa shape index (κ1) is 25.7. The van der Waals surface area contributed by atoms with E-state index in [1.165, 1.54) is 0 Å². The molecule has 0 unspecified atom stereocenters. The number of hydrogen-bond acceptors (Lipinski definition) is 8. The molecule has 2 fully saturated rings. The zero-order valence-electron chi connectivity index (χ0n) is 22.2. The van der Waals surface area contributed by atoms with Gasteiger partial charge in [0.15, 0.2) is 0 Å². The number of pyridine rings is 1. The number of H-pyrrole nitrogens is 1. The molecule has 202 valence electrons. The molecule has 11 heteroatoms. The third-order valence-corrected chi connectivity index (χ3v) is 8.14. The Morgan fingerprint density at radius 1 is 1.23 bits per heavy atom. The van der Waals surface area contributed by atoms with Gasteiger partial charge in [0.05, 0.1) is 29.9 Å². The van der Waals surface area contributed by atoms with E-state index in [0.29, 0.717) is 23.5 Å². The Labute approximate surface area is 232 Å². The van der Waals surface area contributed by atoms with Crippen LogP contribution >= 0.6 is 11.6 Å². The van der Waals surface area contributed by atoms with Gasteiger partial charge in [0, 0.05) is 55.1 Å². The highest BCUT2D eigenvalue weighted by Crippen LogP contribution is 2.45. The van der Waals surface area contributed by atoms with Crippen LogP contribution in [0.4, 0.5) is 0 Å². The van der Waals surface area contributed by atoms with Crippen LogP contribution < -0.4 is 4.74 Å². The van der Waals surface area contributed by atoms with Gasteiger partial charge in [-0.3, -0.25) is 9.58 Å². The average Bonchev–Trinajstić information content (AvgIpc) is 3.56. The number of aromatic amines is 1. The predicted octanol–water partition coefficient (Wildman–Crippen LogP) is 4.25. The molecule has 0 spiro atoms. The number of nitriles is 1. The Balaban J connectivity index is 1.08. The van der Waals surface area contributed by atoms with Crippen LogP contribution in [-0.4, -0.2) is 78.8 Å². The van der Waals surface area contributed by atoms with E-state index in [2.05, 4.69) is 35.8 Å². The lowest BCUT2D eigenvalue weighted by atomic mass is 9.69. The van der Waals surface area contributed by atoms with Crippen LogP contribution in [0.3, 0.4) is 0 Å². The van der Waals surface area contributed by atoms with Gasteiger partial charge in [0.25, 0.3) is 0 Å². The Kier molecular flexibility index (Phi) is 6.97. The summed E-state index contributed by atoms with van der Waals surface area (Å²) < 4.78 is 8.24. The summed E-state index contributed by atoms with van der Waals surface area (Å²) in [6.45, 7) is 2.70. The lowest BCUT2D eigenvalue weighted by molar-refractivity contribution is -0.0212. The first-order valence-corrected chi connectivity index (χ1v) is 13.7. The van der Waals surface area contributed by atoms with Crippen LogP contribution in [0.1, 0.15) is 37.7 Å². The van der Waals surface area contributed by atoms with Crippen LogP contribution in [0.25, 0.3) is 22.3 Å². The Morgan fingerprint density at radius 3 is 2.82 bits per heavy atom. The second-order valence-electron chi connectivity index (χ2n) is 11.0. The van der Waals surface area contributed by atoms with Crippen molar-refractivity contribution in [2.45, 2.75) is 56.3 Å². The number of ether oxygens (including phenoxy) is 1. The maximum Gasteiger partial charge on any atom is 0.215 e. The van der Waals surface area contributed by atoms with Crippen molar-refractivity contribution in [3.8, 4) is 23.2 Å². The van der Waals surface area contributed by atoms with Crippen LogP contribution in [-0.2, 0) is 12.1 Å². The number of rotatable bonds is 8. The zero-order chi connectivity index (χ0) is 27.0. The minimum absolute atomic E-state index is 0.121. The fourth-order valence-electron chi connectivity index (χ4n) is 6.01. The lowest BCUT2D eigenvalue weighted by Crippen LogP contribution is -2.58. The predicted molar refractivity (Wildman–Crippen MR) is 148 cm³/mol. The number of likely N-dealkylation sites (tertiary alicyclic amines) is 1. The zero-order valence-corrected chi connectivity index (χ0v) is 23.0. The van der Waals surface area contributed by atoms with Crippen LogP contribution in [0.2, 0.25) is 5.15 Å². The topological polar surface area (TPSA) is 112 Å². The van der Waals surface area contributed by atoms with Crippen molar-refractivity contribution in [2.75, 3.05) is 27.2 Å². The summed E-state index contributed by atoms with van der Waals surface area (Å²) in [6, 6.07) is 8.69. The largest absolute Gasteiger partial charge is 0.474 e. The van der Waals surface area contributed by atoms with Crippen molar-refractivity contribution in [1.29, 1.82) is 5.26 Å². The lowest BCUT2D eigenvalue weighted by Gasteiger charge is -2.52. The molecule has 0 aromatic carbocycles. The highest BCUT2D eigenvalue weighted by molar-refractivity contribution is 6.29. The van der Waals surface area contributed by atoms with Gasteiger partial charge in [-0.15, -0.1) is 0 Å². The van der Waals surface area contributed by atoms with E-state index >= 15 is 0 Å². The van der Waals surface area contributed by atoms with Crippen molar-refractivity contribution in [2.24, 2.45) is 0 Å². The Bertz CT molecular complexity index is 1490. The molecule has 1 N–H and O–H groups in total. The third-order valence-electron chi connectivity index (χ3n) is 7.94. The molecule has 1 aliphatic carbocycles. The summed E-state index contributed by atoms with van der Waals surface area (Å²) >= 11 is 6.25. The Morgan fingerprint density at radius 2 is 2.05 bits per heavy atom. The van der Waals surface area contributed by atoms with E-state index in [1.54, 1.807) is 6.33 Å². The van der Waals surface area contributed by atoms with Crippen molar-refractivity contribution in [1.82, 2.24) is 39.5 Å². The second-order valence-corrected chi connectivity index (χ2v) is 11.4. The molecule has 1 saturated carbocycles. The van der Waals surface area contributed by atoms with E-state index in [9.17, 15) is 5.26 Å². The van der Waals surface area contributed by atoms with E-state index in [1.807, 2.05) is 55.6 Å². The first-order valence-electron chi connectivity index (χ1n) is 13.3. The average molecular weight is 546 g/mol. The molecule has 2 aliphatic rings. The fourth-order valence-corrected chi connectivity index (χ4v) is 6.23. The first-order chi connectivity index (χ1) is 18.9. The molecule has 1 saturated heterocycles. The second kappa shape index (κ2) is 10.6. The van der Waals surface area contributed by atoms with E-state index < -0.39 is 0 Å². The number of piperidine rings is 1. The van der Waals surface area contributed by atoms with E-state index in [4.69, 9.17) is 21.4 Å².